The van der Waals surface area contributed by atoms with Gasteiger partial charge >= 0.3 is 0 Å². The number of nitrogens with zero attached hydrogens (tertiary/aromatic N) is 3. The molecule has 0 radical (unpaired) electrons. The maximum absolute atomic E-state index is 5.49. The Morgan fingerprint density at radius 3 is 3.05 bits per heavy atom. The zero-order chi connectivity index (χ0) is 14.2. The molecule has 1 saturated carbocycles. The van der Waals surface area contributed by atoms with Gasteiger partial charge in [-0.25, -0.2) is 4.98 Å². The van der Waals surface area contributed by atoms with Gasteiger partial charge in [-0.05, 0) is 32.1 Å². The minimum atomic E-state index is 0.247. The average Bonchev–Trinajstić information content (AvgIpc) is 3.18. The maximum Gasteiger partial charge on any atom is 0.243 e. The van der Waals surface area contributed by atoms with Gasteiger partial charge < -0.3 is 9.84 Å². The first-order valence-corrected chi connectivity index (χ1v) is 8.65. The van der Waals surface area contributed by atoms with Crippen LogP contribution in [0.1, 0.15) is 60.6 Å². The van der Waals surface area contributed by atoms with Crippen LogP contribution in [-0.4, -0.2) is 21.2 Å². The predicted octanol–water partition coefficient (Wildman–Crippen LogP) is 3.02. The van der Waals surface area contributed by atoms with E-state index in [0.29, 0.717) is 12.5 Å². The van der Waals surface area contributed by atoms with Crippen molar-refractivity contribution in [1.29, 1.82) is 0 Å². The maximum atomic E-state index is 5.49. The van der Waals surface area contributed by atoms with E-state index in [1.807, 2.05) is 6.92 Å². The summed E-state index contributed by atoms with van der Waals surface area (Å²) in [5.74, 6) is 2.29. The van der Waals surface area contributed by atoms with Gasteiger partial charge in [0.1, 0.15) is 0 Å². The van der Waals surface area contributed by atoms with E-state index < -0.39 is 0 Å². The Bertz CT molecular complexity index is 609. The Morgan fingerprint density at radius 2 is 2.24 bits per heavy atom. The summed E-state index contributed by atoms with van der Waals surface area (Å²) in [5.41, 5.74) is 1.03. The minimum Gasteiger partial charge on any atom is -0.338 e. The zero-order valence-electron chi connectivity index (χ0n) is 12.2. The molecule has 4 rings (SSSR count). The number of aromatic nitrogens is 3. The highest BCUT2D eigenvalue weighted by Crippen LogP contribution is 2.38. The first-order valence-electron chi connectivity index (χ1n) is 7.77. The molecule has 2 aromatic heterocycles. The smallest absolute Gasteiger partial charge is 0.243 e. The fraction of sp³-hybridized carbons (Fsp3) is 0.667. The SMILES string of the molecule is Cc1nc(Cc2noc(C3CC4CCCCC4N3)n2)cs1. The third-order valence-corrected chi connectivity index (χ3v) is 5.47. The topological polar surface area (TPSA) is 63.8 Å². The molecule has 0 amide bonds. The van der Waals surface area contributed by atoms with Gasteiger partial charge in [-0.1, -0.05) is 18.0 Å². The van der Waals surface area contributed by atoms with E-state index in [2.05, 4.69) is 25.8 Å². The number of hydrogen-bond acceptors (Lipinski definition) is 6. The zero-order valence-corrected chi connectivity index (χ0v) is 13.0. The van der Waals surface area contributed by atoms with Crippen molar-refractivity contribution in [2.45, 2.75) is 57.5 Å². The first-order chi connectivity index (χ1) is 10.3. The molecule has 3 atom stereocenters. The summed E-state index contributed by atoms with van der Waals surface area (Å²) < 4.78 is 5.49. The number of hydrogen-bond donors (Lipinski definition) is 1. The molecule has 1 aliphatic heterocycles. The molecule has 5 nitrogen and oxygen atoms in total. The van der Waals surface area contributed by atoms with E-state index in [4.69, 9.17) is 4.52 Å². The summed E-state index contributed by atoms with van der Waals surface area (Å²) in [5, 5.41) is 10.9. The van der Waals surface area contributed by atoms with Gasteiger partial charge in [0, 0.05) is 11.4 Å². The molecule has 1 N–H and O–H groups in total. The van der Waals surface area contributed by atoms with Crippen molar-refractivity contribution in [2.24, 2.45) is 5.92 Å². The van der Waals surface area contributed by atoms with Gasteiger partial charge in [-0.2, -0.15) is 4.98 Å². The average molecular weight is 304 g/mol. The summed E-state index contributed by atoms with van der Waals surface area (Å²) in [6, 6.07) is 0.900. The Kier molecular flexibility index (Phi) is 3.51. The molecule has 1 aliphatic carbocycles. The highest BCUT2D eigenvalue weighted by Gasteiger charge is 2.38. The molecule has 2 aromatic rings. The van der Waals surface area contributed by atoms with E-state index in [9.17, 15) is 0 Å². The summed E-state index contributed by atoms with van der Waals surface area (Å²) in [7, 11) is 0. The number of fused-ring (bicyclic) bond motifs is 1. The Morgan fingerprint density at radius 1 is 1.33 bits per heavy atom. The quantitative estimate of drug-likeness (QED) is 0.944. The third kappa shape index (κ3) is 2.74. The second kappa shape index (κ2) is 5.50. The minimum absolute atomic E-state index is 0.247. The van der Waals surface area contributed by atoms with Crippen molar-refractivity contribution >= 4 is 11.3 Å². The lowest BCUT2D eigenvalue weighted by Crippen LogP contribution is -2.30. The largest absolute Gasteiger partial charge is 0.338 e. The number of thiazole rings is 1. The Balaban J connectivity index is 1.45. The summed E-state index contributed by atoms with van der Waals surface area (Å²) in [4.78, 5) is 9.03. The highest BCUT2D eigenvalue weighted by atomic mass is 32.1. The van der Waals surface area contributed by atoms with Crippen molar-refractivity contribution in [2.75, 3.05) is 0 Å². The summed E-state index contributed by atoms with van der Waals surface area (Å²) in [6.45, 7) is 2.01. The standard InChI is InChI=1S/C15H20N4OS/c1-9-16-11(8-21-9)7-14-18-15(20-19-14)13-6-10-4-2-3-5-12(10)17-13/h8,10,12-13,17H,2-7H2,1H3. The second-order valence-electron chi connectivity index (χ2n) is 6.19. The normalized spacial score (nSPS) is 28.7. The van der Waals surface area contributed by atoms with Crippen LogP contribution in [0.3, 0.4) is 0 Å². The molecule has 112 valence electrons. The van der Waals surface area contributed by atoms with Gasteiger partial charge in [0.05, 0.1) is 23.2 Å². The molecule has 2 fully saturated rings. The van der Waals surface area contributed by atoms with E-state index >= 15 is 0 Å². The van der Waals surface area contributed by atoms with Crippen LogP contribution in [0.25, 0.3) is 0 Å². The summed E-state index contributed by atoms with van der Waals surface area (Å²) in [6.07, 6.45) is 7.15. The van der Waals surface area contributed by atoms with Gasteiger partial charge in [0.15, 0.2) is 5.82 Å². The van der Waals surface area contributed by atoms with Crippen LogP contribution >= 0.6 is 11.3 Å². The first kappa shape index (κ1) is 13.4. The van der Waals surface area contributed by atoms with E-state index in [-0.39, 0.29) is 6.04 Å². The lowest BCUT2D eigenvalue weighted by Gasteiger charge is -2.24. The molecular weight excluding hydrogens is 284 g/mol. The molecular formula is C15H20N4OS. The van der Waals surface area contributed by atoms with Gasteiger partial charge in [-0.15, -0.1) is 11.3 Å². The van der Waals surface area contributed by atoms with Crippen LogP contribution in [-0.2, 0) is 6.42 Å². The number of rotatable bonds is 3. The lowest BCUT2D eigenvalue weighted by atomic mass is 9.85. The Hall–Kier alpha value is -1.27. The van der Waals surface area contributed by atoms with Crippen molar-refractivity contribution in [1.82, 2.24) is 20.4 Å². The summed E-state index contributed by atoms with van der Waals surface area (Å²) >= 11 is 1.66. The highest BCUT2D eigenvalue weighted by molar-refractivity contribution is 7.09. The van der Waals surface area contributed by atoms with Crippen LogP contribution < -0.4 is 5.32 Å². The molecule has 2 aliphatic rings. The van der Waals surface area contributed by atoms with E-state index in [0.717, 1.165) is 34.8 Å². The van der Waals surface area contributed by atoms with E-state index in [1.165, 1.54) is 25.7 Å². The predicted molar refractivity (Wildman–Crippen MR) is 80.2 cm³/mol. The van der Waals surface area contributed by atoms with Gasteiger partial charge in [-0.3, -0.25) is 0 Å². The molecule has 3 heterocycles. The van der Waals surface area contributed by atoms with Gasteiger partial charge in [0.25, 0.3) is 0 Å². The molecule has 0 bridgehead atoms. The molecule has 0 spiro atoms. The lowest BCUT2D eigenvalue weighted by molar-refractivity contribution is 0.324. The van der Waals surface area contributed by atoms with Gasteiger partial charge in [0.2, 0.25) is 5.89 Å². The van der Waals surface area contributed by atoms with Crippen molar-refractivity contribution < 1.29 is 4.52 Å². The van der Waals surface area contributed by atoms with Crippen LogP contribution in [0.4, 0.5) is 0 Å². The molecule has 0 aromatic carbocycles. The Labute approximate surface area is 128 Å². The number of nitrogens with one attached hydrogen (secondary N) is 1. The van der Waals surface area contributed by atoms with Crippen LogP contribution in [0.2, 0.25) is 0 Å². The third-order valence-electron chi connectivity index (χ3n) is 4.65. The van der Waals surface area contributed by atoms with Crippen LogP contribution in [0, 0.1) is 12.8 Å². The molecule has 21 heavy (non-hydrogen) atoms. The fourth-order valence-electron chi connectivity index (χ4n) is 3.64. The number of aryl methyl sites for hydroxylation is 1. The van der Waals surface area contributed by atoms with Crippen molar-refractivity contribution in [3.8, 4) is 0 Å². The van der Waals surface area contributed by atoms with Crippen LogP contribution in [0.15, 0.2) is 9.90 Å². The van der Waals surface area contributed by atoms with Crippen molar-refractivity contribution in [3.05, 3.63) is 27.8 Å². The van der Waals surface area contributed by atoms with Crippen molar-refractivity contribution in [3.63, 3.8) is 0 Å². The second-order valence-corrected chi connectivity index (χ2v) is 7.25. The van der Waals surface area contributed by atoms with Crippen LogP contribution in [0.5, 0.6) is 0 Å². The monoisotopic (exact) mass is 304 g/mol. The van der Waals surface area contributed by atoms with E-state index in [1.54, 1.807) is 11.3 Å². The molecule has 1 saturated heterocycles. The molecule has 6 heteroatoms. The fourth-order valence-corrected chi connectivity index (χ4v) is 4.26. The molecule has 3 unspecified atom stereocenters.